The normalized spacial score (nSPS) is 11.2. The molecule has 2 heterocycles. The number of carbonyl (C=O) groups is 2. The SMILES string of the molecule is CCCCOC(=O)c1ccc(-c2ccc(C=C(C#N)C(=O)Nc3ncc(Cc4cccc(Cl)c4Cl)s3)o2)cc1. The van der Waals surface area contributed by atoms with Gasteiger partial charge in [0, 0.05) is 29.1 Å². The van der Waals surface area contributed by atoms with Gasteiger partial charge in [-0.1, -0.05) is 60.8 Å². The third-order valence-electron chi connectivity index (χ3n) is 5.58. The highest BCUT2D eigenvalue weighted by Gasteiger charge is 2.15. The highest BCUT2D eigenvalue weighted by atomic mass is 35.5. The van der Waals surface area contributed by atoms with Gasteiger partial charge in [-0.3, -0.25) is 10.1 Å². The van der Waals surface area contributed by atoms with E-state index in [-0.39, 0.29) is 11.5 Å². The second-order valence-corrected chi connectivity index (χ2v) is 10.3. The molecule has 0 aliphatic carbocycles. The lowest BCUT2D eigenvalue weighted by atomic mass is 10.1. The number of halogens is 2. The van der Waals surface area contributed by atoms with Crippen molar-refractivity contribution in [2.24, 2.45) is 0 Å². The Balaban J connectivity index is 1.40. The van der Waals surface area contributed by atoms with Crippen LogP contribution in [-0.4, -0.2) is 23.5 Å². The Morgan fingerprint density at radius 2 is 1.95 bits per heavy atom. The maximum absolute atomic E-state index is 12.7. The van der Waals surface area contributed by atoms with Crippen molar-refractivity contribution in [1.29, 1.82) is 5.26 Å². The van der Waals surface area contributed by atoms with Crippen molar-refractivity contribution in [2.45, 2.75) is 26.2 Å². The fraction of sp³-hybridized carbons (Fsp3) is 0.172. The molecule has 4 aromatic rings. The molecule has 0 fully saturated rings. The van der Waals surface area contributed by atoms with Crippen LogP contribution in [0.5, 0.6) is 0 Å². The number of thiazole rings is 1. The van der Waals surface area contributed by atoms with E-state index in [4.69, 9.17) is 32.4 Å². The number of carbonyl (C=O) groups excluding carboxylic acids is 2. The molecule has 1 N–H and O–H groups in total. The average Bonchev–Trinajstić information content (AvgIpc) is 3.59. The van der Waals surface area contributed by atoms with Crippen LogP contribution in [0, 0.1) is 11.3 Å². The van der Waals surface area contributed by atoms with E-state index in [1.165, 1.54) is 17.4 Å². The molecule has 39 heavy (non-hydrogen) atoms. The van der Waals surface area contributed by atoms with E-state index in [9.17, 15) is 14.9 Å². The molecular formula is C29H23Cl2N3O4S. The molecule has 0 atom stereocenters. The number of nitriles is 1. The van der Waals surface area contributed by atoms with E-state index in [0.717, 1.165) is 28.8 Å². The van der Waals surface area contributed by atoms with E-state index in [2.05, 4.69) is 10.3 Å². The first-order chi connectivity index (χ1) is 18.9. The smallest absolute Gasteiger partial charge is 0.338 e. The van der Waals surface area contributed by atoms with Gasteiger partial charge in [-0.2, -0.15) is 5.26 Å². The van der Waals surface area contributed by atoms with Crippen LogP contribution in [0.15, 0.2) is 70.8 Å². The summed E-state index contributed by atoms with van der Waals surface area (Å²) in [4.78, 5) is 29.9. The molecule has 0 unspecified atom stereocenters. The van der Waals surface area contributed by atoms with Crippen LogP contribution in [0.4, 0.5) is 5.13 Å². The Kier molecular flexibility index (Phi) is 9.55. The van der Waals surface area contributed by atoms with E-state index < -0.39 is 5.91 Å². The van der Waals surface area contributed by atoms with E-state index in [1.807, 2.05) is 25.1 Å². The minimum Gasteiger partial charge on any atom is -0.462 e. The summed E-state index contributed by atoms with van der Waals surface area (Å²) in [6, 6.07) is 17.5. The van der Waals surface area contributed by atoms with E-state index in [0.29, 0.717) is 45.3 Å². The molecule has 0 radical (unpaired) electrons. The summed E-state index contributed by atoms with van der Waals surface area (Å²) in [5.41, 5.74) is 1.89. The number of nitrogens with zero attached hydrogens (tertiary/aromatic N) is 2. The van der Waals surface area contributed by atoms with Gasteiger partial charge in [0.05, 0.1) is 22.2 Å². The summed E-state index contributed by atoms with van der Waals surface area (Å²) < 4.78 is 11.0. The lowest BCUT2D eigenvalue weighted by Gasteiger charge is -2.04. The van der Waals surface area contributed by atoms with Crippen molar-refractivity contribution >= 4 is 57.6 Å². The molecule has 0 spiro atoms. The number of hydrogen-bond acceptors (Lipinski definition) is 7. The van der Waals surface area contributed by atoms with Crippen molar-refractivity contribution in [3.8, 4) is 17.4 Å². The zero-order chi connectivity index (χ0) is 27.8. The summed E-state index contributed by atoms with van der Waals surface area (Å²) in [5, 5.41) is 13.5. The third kappa shape index (κ3) is 7.36. The second kappa shape index (κ2) is 13.3. The van der Waals surface area contributed by atoms with E-state index >= 15 is 0 Å². The molecule has 1 amide bonds. The summed E-state index contributed by atoms with van der Waals surface area (Å²) in [6.45, 7) is 2.42. The van der Waals surface area contributed by atoms with Crippen molar-refractivity contribution < 1.29 is 18.7 Å². The van der Waals surface area contributed by atoms with Gasteiger partial charge in [0.15, 0.2) is 5.13 Å². The standard InChI is InChI=1S/C29H23Cl2N3O4S/c1-2-3-13-37-28(36)19-9-7-18(8-10-19)25-12-11-22(38-25)14-21(16-32)27(35)34-29-33-17-23(39-29)15-20-5-4-6-24(30)26(20)31/h4-12,14,17H,2-3,13,15H2,1H3,(H,33,34,35). The maximum Gasteiger partial charge on any atom is 0.338 e. The Bertz CT molecular complexity index is 1550. The van der Waals surface area contributed by atoms with Crippen LogP contribution in [-0.2, 0) is 16.0 Å². The fourth-order valence-corrected chi connectivity index (χ4v) is 4.74. The van der Waals surface area contributed by atoms with Gasteiger partial charge < -0.3 is 9.15 Å². The summed E-state index contributed by atoms with van der Waals surface area (Å²) in [7, 11) is 0. The molecule has 7 nitrogen and oxygen atoms in total. The quantitative estimate of drug-likeness (QED) is 0.0888. The van der Waals surface area contributed by atoms with E-state index in [1.54, 1.807) is 48.7 Å². The molecular weight excluding hydrogens is 557 g/mol. The zero-order valence-electron chi connectivity index (χ0n) is 20.9. The molecule has 2 aromatic carbocycles. The second-order valence-electron chi connectivity index (χ2n) is 8.41. The zero-order valence-corrected chi connectivity index (χ0v) is 23.2. The topological polar surface area (TPSA) is 105 Å². The third-order valence-corrected chi connectivity index (χ3v) is 7.36. The summed E-state index contributed by atoms with van der Waals surface area (Å²) in [5.74, 6) is -0.129. The number of anilines is 1. The molecule has 0 saturated carbocycles. The molecule has 0 saturated heterocycles. The van der Waals surface area contributed by atoms with Crippen molar-refractivity contribution in [1.82, 2.24) is 4.98 Å². The predicted molar refractivity (Wildman–Crippen MR) is 153 cm³/mol. The summed E-state index contributed by atoms with van der Waals surface area (Å²) >= 11 is 13.6. The number of unbranched alkanes of at least 4 members (excludes halogenated alkanes) is 1. The minimum absolute atomic E-state index is 0.143. The van der Waals surface area contributed by atoms with Crippen LogP contribution >= 0.6 is 34.5 Å². The highest BCUT2D eigenvalue weighted by Crippen LogP contribution is 2.30. The molecule has 198 valence electrons. The molecule has 10 heteroatoms. The number of amides is 1. The van der Waals surface area contributed by atoms with Crippen LogP contribution in [0.1, 0.15) is 46.3 Å². The number of aromatic nitrogens is 1. The Hall–Kier alpha value is -3.90. The first-order valence-corrected chi connectivity index (χ1v) is 13.6. The van der Waals surface area contributed by atoms with Crippen LogP contribution in [0.3, 0.4) is 0 Å². The monoisotopic (exact) mass is 579 g/mol. The van der Waals surface area contributed by atoms with Gasteiger partial charge in [-0.05, 0) is 42.3 Å². The van der Waals surface area contributed by atoms with Gasteiger partial charge >= 0.3 is 5.97 Å². The molecule has 0 bridgehead atoms. The van der Waals surface area contributed by atoms with Crippen molar-refractivity contribution in [3.63, 3.8) is 0 Å². The van der Waals surface area contributed by atoms with Crippen LogP contribution in [0.2, 0.25) is 10.0 Å². The largest absolute Gasteiger partial charge is 0.462 e. The Labute approximate surface area is 239 Å². The lowest BCUT2D eigenvalue weighted by molar-refractivity contribution is -0.112. The molecule has 0 aliphatic rings. The molecule has 2 aromatic heterocycles. The first-order valence-electron chi connectivity index (χ1n) is 12.1. The van der Waals surface area contributed by atoms with Crippen LogP contribution in [0.25, 0.3) is 17.4 Å². The van der Waals surface area contributed by atoms with Gasteiger partial charge in [0.1, 0.15) is 23.2 Å². The lowest BCUT2D eigenvalue weighted by Crippen LogP contribution is -2.13. The van der Waals surface area contributed by atoms with Crippen LogP contribution < -0.4 is 5.32 Å². The number of rotatable bonds is 10. The maximum atomic E-state index is 12.7. The van der Waals surface area contributed by atoms with Gasteiger partial charge in [0.25, 0.3) is 5.91 Å². The number of benzene rings is 2. The highest BCUT2D eigenvalue weighted by molar-refractivity contribution is 7.15. The average molecular weight is 580 g/mol. The number of esters is 1. The van der Waals surface area contributed by atoms with Gasteiger partial charge in [0.2, 0.25) is 0 Å². The van der Waals surface area contributed by atoms with Gasteiger partial charge in [-0.25, -0.2) is 9.78 Å². The Morgan fingerprint density at radius 3 is 2.69 bits per heavy atom. The summed E-state index contributed by atoms with van der Waals surface area (Å²) in [6.07, 6.45) is 5.27. The number of furan rings is 1. The molecule has 4 rings (SSSR count). The molecule has 0 aliphatic heterocycles. The Morgan fingerprint density at radius 1 is 1.15 bits per heavy atom. The number of ether oxygens (including phenoxy) is 1. The fourth-order valence-electron chi connectivity index (χ4n) is 3.52. The number of nitrogens with one attached hydrogen (secondary N) is 1. The van der Waals surface area contributed by atoms with Crippen molar-refractivity contribution in [2.75, 3.05) is 11.9 Å². The first kappa shape index (κ1) is 28.1. The minimum atomic E-state index is -0.608. The van der Waals surface area contributed by atoms with Crippen molar-refractivity contribution in [3.05, 3.63) is 98.2 Å². The van der Waals surface area contributed by atoms with Gasteiger partial charge in [-0.15, -0.1) is 11.3 Å². The predicted octanol–water partition coefficient (Wildman–Crippen LogP) is 7.80. The number of hydrogen-bond donors (Lipinski definition) is 1.